The van der Waals surface area contributed by atoms with Gasteiger partial charge < -0.3 is 10.1 Å². The molecule has 3 rings (SSSR count). The summed E-state index contributed by atoms with van der Waals surface area (Å²) in [7, 11) is 0. The second kappa shape index (κ2) is 4.24. The van der Waals surface area contributed by atoms with Crippen LogP contribution in [-0.2, 0) is 0 Å². The average Bonchev–Trinajstić information content (AvgIpc) is 2.68. The van der Waals surface area contributed by atoms with E-state index in [1.54, 1.807) is 19.1 Å². The number of aryl methyl sites for hydroxylation is 1. The first-order valence-electron chi connectivity index (χ1n) is 5.65. The van der Waals surface area contributed by atoms with E-state index in [2.05, 4.69) is 26.0 Å². The van der Waals surface area contributed by atoms with E-state index < -0.39 is 0 Å². The largest absolute Gasteiger partial charge is 0.493 e. The molecular formula is C13H10BrN3O2. The summed E-state index contributed by atoms with van der Waals surface area (Å²) < 4.78 is 1.99. The first kappa shape index (κ1) is 12.0. The molecule has 1 aromatic carbocycles. The van der Waals surface area contributed by atoms with Crippen LogP contribution in [0.15, 0.2) is 39.6 Å². The Morgan fingerprint density at radius 3 is 2.68 bits per heavy atom. The zero-order valence-electron chi connectivity index (χ0n) is 10.0. The van der Waals surface area contributed by atoms with E-state index in [1.807, 2.05) is 18.2 Å². The lowest BCUT2D eigenvalue weighted by molar-refractivity contribution is 0.436. The normalized spacial score (nSPS) is 11.1. The predicted octanol–water partition coefficient (Wildman–Crippen LogP) is 2.47. The van der Waals surface area contributed by atoms with Crippen molar-refractivity contribution in [3.05, 3.63) is 50.9 Å². The molecule has 2 heterocycles. The molecule has 0 bridgehead atoms. The number of hydrogen-bond acceptors (Lipinski definition) is 3. The van der Waals surface area contributed by atoms with Crippen molar-refractivity contribution in [2.75, 3.05) is 0 Å². The number of hydrogen-bond donors (Lipinski definition) is 2. The van der Waals surface area contributed by atoms with Gasteiger partial charge in [0.25, 0.3) is 5.56 Å². The van der Waals surface area contributed by atoms with Crippen LogP contribution in [0.25, 0.3) is 16.8 Å². The Hall–Kier alpha value is -2.08. The van der Waals surface area contributed by atoms with Crippen molar-refractivity contribution < 1.29 is 5.11 Å². The molecule has 0 saturated heterocycles. The van der Waals surface area contributed by atoms with E-state index >= 15 is 0 Å². The Labute approximate surface area is 116 Å². The molecule has 19 heavy (non-hydrogen) atoms. The minimum absolute atomic E-state index is 0.168. The van der Waals surface area contributed by atoms with Gasteiger partial charge in [0.15, 0.2) is 5.65 Å². The van der Waals surface area contributed by atoms with Crippen molar-refractivity contribution in [1.82, 2.24) is 14.6 Å². The molecule has 2 aromatic heterocycles. The molecule has 0 unspecified atom stereocenters. The number of H-pyrrole nitrogens is 1. The quantitative estimate of drug-likeness (QED) is 0.723. The van der Waals surface area contributed by atoms with E-state index in [0.717, 1.165) is 0 Å². The van der Waals surface area contributed by atoms with Crippen molar-refractivity contribution >= 4 is 21.6 Å². The summed E-state index contributed by atoms with van der Waals surface area (Å²) in [6.45, 7) is 1.79. The van der Waals surface area contributed by atoms with Crippen molar-refractivity contribution in [3.8, 4) is 17.0 Å². The molecule has 0 amide bonds. The van der Waals surface area contributed by atoms with Crippen LogP contribution < -0.4 is 5.56 Å². The van der Waals surface area contributed by atoms with Gasteiger partial charge in [-0.15, -0.1) is 0 Å². The number of aromatic hydroxyl groups is 1. The molecule has 5 nitrogen and oxygen atoms in total. The van der Waals surface area contributed by atoms with Gasteiger partial charge >= 0.3 is 0 Å². The molecule has 0 aliphatic rings. The molecule has 3 aromatic rings. The third-order valence-corrected chi connectivity index (χ3v) is 3.88. The summed E-state index contributed by atoms with van der Waals surface area (Å²) >= 11 is 3.34. The Kier molecular flexibility index (Phi) is 2.67. The summed E-state index contributed by atoms with van der Waals surface area (Å²) in [5.41, 5.74) is 1.64. The lowest BCUT2D eigenvalue weighted by Crippen LogP contribution is -2.12. The monoisotopic (exact) mass is 319 g/mol. The molecule has 0 aliphatic carbocycles. The van der Waals surface area contributed by atoms with Crippen LogP contribution in [-0.4, -0.2) is 19.7 Å². The minimum Gasteiger partial charge on any atom is -0.493 e. The van der Waals surface area contributed by atoms with E-state index in [9.17, 15) is 9.90 Å². The summed E-state index contributed by atoms with van der Waals surface area (Å²) in [6.07, 6.45) is 0. The van der Waals surface area contributed by atoms with Gasteiger partial charge in [-0.2, -0.15) is 9.61 Å². The smallest absolute Gasteiger partial charge is 0.262 e. The van der Waals surface area contributed by atoms with Crippen LogP contribution in [0.3, 0.4) is 0 Å². The fourth-order valence-electron chi connectivity index (χ4n) is 2.01. The molecule has 2 N–H and O–H groups in total. The molecule has 0 radical (unpaired) electrons. The van der Waals surface area contributed by atoms with E-state index in [-0.39, 0.29) is 17.0 Å². The van der Waals surface area contributed by atoms with Gasteiger partial charge in [0.1, 0.15) is 5.56 Å². The molecule has 0 saturated carbocycles. The van der Waals surface area contributed by atoms with Gasteiger partial charge in [-0.1, -0.05) is 30.3 Å². The maximum atomic E-state index is 12.1. The van der Waals surface area contributed by atoms with Crippen molar-refractivity contribution in [1.29, 1.82) is 0 Å². The Balaban J connectivity index is 2.42. The van der Waals surface area contributed by atoms with Crippen molar-refractivity contribution in [2.45, 2.75) is 6.92 Å². The van der Waals surface area contributed by atoms with Gasteiger partial charge in [0.05, 0.1) is 10.2 Å². The van der Waals surface area contributed by atoms with E-state index in [1.165, 1.54) is 4.52 Å². The third-order valence-electron chi connectivity index (χ3n) is 2.93. The summed E-state index contributed by atoms with van der Waals surface area (Å²) in [5.74, 6) is -0.168. The van der Waals surface area contributed by atoms with E-state index in [0.29, 0.717) is 21.4 Å². The highest BCUT2D eigenvalue weighted by atomic mass is 79.9. The van der Waals surface area contributed by atoms with Crippen molar-refractivity contribution in [2.24, 2.45) is 0 Å². The van der Waals surface area contributed by atoms with E-state index in [4.69, 9.17) is 0 Å². The molecule has 0 atom stereocenters. The summed E-state index contributed by atoms with van der Waals surface area (Å²) in [4.78, 5) is 14.9. The first-order valence-corrected chi connectivity index (χ1v) is 6.44. The lowest BCUT2D eigenvalue weighted by Gasteiger charge is -2.05. The van der Waals surface area contributed by atoms with Gasteiger partial charge in [0, 0.05) is 0 Å². The number of nitrogens with one attached hydrogen (secondary N) is 1. The van der Waals surface area contributed by atoms with Gasteiger partial charge in [0.2, 0.25) is 5.88 Å². The molecule has 0 spiro atoms. The maximum absolute atomic E-state index is 12.1. The second-order valence-corrected chi connectivity index (χ2v) is 4.97. The number of halogens is 1. The molecule has 0 fully saturated rings. The number of rotatable bonds is 1. The summed E-state index contributed by atoms with van der Waals surface area (Å²) in [6, 6.07) is 9.00. The molecule has 6 heteroatoms. The second-order valence-electron chi connectivity index (χ2n) is 4.18. The minimum atomic E-state index is -0.350. The molecule has 0 aliphatic heterocycles. The number of fused-ring (bicyclic) bond motifs is 1. The van der Waals surface area contributed by atoms with Gasteiger partial charge in [-0.3, -0.25) is 4.79 Å². The Bertz CT molecular complexity index is 821. The van der Waals surface area contributed by atoms with Crippen LogP contribution in [0.1, 0.15) is 5.69 Å². The van der Waals surface area contributed by atoms with Crippen LogP contribution in [0.4, 0.5) is 0 Å². The van der Waals surface area contributed by atoms with Crippen LogP contribution in [0.5, 0.6) is 5.88 Å². The highest BCUT2D eigenvalue weighted by Crippen LogP contribution is 2.28. The average molecular weight is 320 g/mol. The fourth-order valence-corrected chi connectivity index (χ4v) is 2.36. The zero-order chi connectivity index (χ0) is 13.6. The number of aromatic amines is 1. The Morgan fingerprint density at radius 2 is 2.00 bits per heavy atom. The predicted molar refractivity (Wildman–Crippen MR) is 75.4 cm³/mol. The number of benzene rings is 1. The summed E-state index contributed by atoms with van der Waals surface area (Å²) in [5, 5.41) is 14.5. The van der Waals surface area contributed by atoms with Gasteiger partial charge in [-0.25, -0.2) is 0 Å². The fraction of sp³-hybridized carbons (Fsp3) is 0.0769. The van der Waals surface area contributed by atoms with Crippen molar-refractivity contribution in [3.63, 3.8) is 0 Å². The van der Waals surface area contributed by atoms with Crippen LogP contribution >= 0.6 is 15.9 Å². The first-order chi connectivity index (χ1) is 9.09. The standard InChI is InChI=1S/C13H10BrN3O2/c1-7-10(14)11-15-12(18)9(13(19)17(11)16-7)8-5-3-2-4-6-8/h2-6,19H,1H3,(H,15,18). The highest BCUT2D eigenvalue weighted by Gasteiger charge is 2.17. The van der Waals surface area contributed by atoms with Crippen LogP contribution in [0, 0.1) is 6.92 Å². The number of nitrogens with zero attached hydrogens (tertiary/aromatic N) is 2. The topological polar surface area (TPSA) is 70.4 Å². The lowest BCUT2D eigenvalue weighted by atomic mass is 10.1. The Morgan fingerprint density at radius 1 is 1.32 bits per heavy atom. The van der Waals surface area contributed by atoms with Gasteiger partial charge in [-0.05, 0) is 28.4 Å². The van der Waals surface area contributed by atoms with Crippen LogP contribution in [0.2, 0.25) is 0 Å². The zero-order valence-corrected chi connectivity index (χ0v) is 11.6. The SMILES string of the molecule is Cc1nn2c(O)c(-c3ccccc3)c(=O)[nH]c2c1Br. The highest BCUT2D eigenvalue weighted by molar-refractivity contribution is 9.10. The maximum Gasteiger partial charge on any atom is 0.262 e. The molecular weight excluding hydrogens is 310 g/mol. The number of aromatic nitrogens is 3. The molecule has 96 valence electrons. The third kappa shape index (κ3) is 1.76.